The van der Waals surface area contributed by atoms with Crippen molar-refractivity contribution in [2.24, 2.45) is 0 Å². The van der Waals surface area contributed by atoms with Gasteiger partial charge in [0.2, 0.25) is 0 Å². The lowest BCUT2D eigenvalue weighted by Gasteiger charge is -2.15. The first-order chi connectivity index (χ1) is 11.3. The van der Waals surface area contributed by atoms with E-state index < -0.39 is 23.6 Å². The monoisotopic (exact) mass is 344 g/mol. The van der Waals surface area contributed by atoms with E-state index in [2.05, 4.69) is 10.1 Å². The summed E-state index contributed by atoms with van der Waals surface area (Å²) in [6.07, 6.45) is -4.46. The maximum Gasteiger partial charge on any atom is 0.416 e. The van der Waals surface area contributed by atoms with E-state index in [4.69, 9.17) is 5.11 Å². The first-order valence-electron chi connectivity index (χ1n) is 6.93. The second kappa shape index (κ2) is 6.91. The summed E-state index contributed by atoms with van der Waals surface area (Å²) in [6, 6.07) is 4.05. The van der Waals surface area contributed by atoms with Crippen LogP contribution in [0.3, 0.4) is 0 Å². The number of nitrogens with one attached hydrogen (secondary N) is 1. The predicted octanol–water partition coefficient (Wildman–Crippen LogP) is 1.38. The Balaban J connectivity index is 2.27. The number of β-amino-alcohol motifs (C(OH)–C–C–N with tert-alkyl or cyclic N) is 1. The average Bonchev–Trinajstić information content (AvgIpc) is 2.84. The molecule has 130 valence electrons. The highest BCUT2D eigenvalue weighted by atomic mass is 19.4. The minimum absolute atomic E-state index is 0.0253. The number of halogens is 3. The van der Waals surface area contributed by atoms with Crippen molar-refractivity contribution < 1.29 is 32.6 Å². The molecule has 6 nitrogen and oxygen atoms in total. The highest BCUT2D eigenvalue weighted by molar-refractivity contribution is 6.08. The van der Waals surface area contributed by atoms with Crippen LogP contribution in [0, 0.1) is 0 Å². The van der Waals surface area contributed by atoms with Crippen molar-refractivity contribution in [1.29, 1.82) is 0 Å². The van der Waals surface area contributed by atoms with E-state index in [1.165, 1.54) is 4.90 Å². The molecule has 1 amide bonds. The van der Waals surface area contributed by atoms with Gasteiger partial charge in [-0.2, -0.15) is 13.2 Å². The number of carbonyl (C=O) groups is 2. The number of esters is 1. The number of nitrogens with zero attached hydrogens (tertiary/aromatic N) is 1. The van der Waals surface area contributed by atoms with Gasteiger partial charge in [0, 0.05) is 12.2 Å². The van der Waals surface area contributed by atoms with Gasteiger partial charge in [-0.25, -0.2) is 4.79 Å². The minimum Gasteiger partial charge on any atom is -0.466 e. The van der Waals surface area contributed by atoms with Gasteiger partial charge in [0.1, 0.15) is 5.70 Å². The fraction of sp³-hybridized carbons (Fsp3) is 0.333. The molecule has 0 fully saturated rings. The lowest BCUT2D eigenvalue weighted by Crippen LogP contribution is -2.31. The summed E-state index contributed by atoms with van der Waals surface area (Å²) in [5.74, 6) is -1.26. The van der Waals surface area contributed by atoms with E-state index in [9.17, 15) is 22.8 Å². The van der Waals surface area contributed by atoms with Crippen LogP contribution in [0.25, 0.3) is 0 Å². The van der Waals surface area contributed by atoms with Crippen LogP contribution in [0.1, 0.15) is 5.56 Å². The maximum atomic E-state index is 12.6. The molecule has 1 heterocycles. The second-order valence-corrected chi connectivity index (χ2v) is 5.00. The molecule has 1 aromatic carbocycles. The average molecular weight is 344 g/mol. The van der Waals surface area contributed by atoms with E-state index >= 15 is 0 Å². The number of aliphatic hydroxyl groups excluding tert-OH is 1. The lowest BCUT2D eigenvalue weighted by atomic mass is 10.2. The molecule has 0 aliphatic carbocycles. The summed E-state index contributed by atoms with van der Waals surface area (Å²) in [6.45, 7) is -0.305. The van der Waals surface area contributed by atoms with Crippen LogP contribution in [0.5, 0.6) is 0 Å². The Morgan fingerprint density at radius 2 is 1.96 bits per heavy atom. The third-order valence-electron chi connectivity index (χ3n) is 3.44. The molecule has 1 aliphatic rings. The molecule has 0 spiro atoms. The molecule has 2 rings (SSSR count). The largest absolute Gasteiger partial charge is 0.466 e. The Kier molecular flexibility index (Phi) is 5.13. The third kappa shape index (κ3) is 3.67. The number of hydrogen-bond donors (Lipinski definition) is 2. The molecule has 0 aromatic heterocycles. The number of hydrogen-bond acceptors (Lipinski definition) is 5. The van der Waals surface area contributed by atoms with Crippen LogP contribution in [0.4, 0.5) is 18.9 Å². The van der Waals surface area contributed by atoms with Gasteiger partial charge in [0.05, 0.1) is 31.4 Å². The van der Waals surface area contributed by atoms with E-state index in [-0.39, 0.29) is 36.7 Å². The van der Waals surface area contributed by atoms with Gasteiger partial charge in [0.25, 0.3) is 5.91 Å². The molecule has 0 saturated carbocycles. The molecular weight excluding hydrogens is 329 g/mol. The predicted molar refractivity (Wildman–Crippen MR) is 77.8 cm³/mol. The zero-order valence-electron chi connectivity index (χ0n) is 12.7. The summed E-state index contributed by atoms with van der Waals surface area (Å²) in [4.78, 5) is 25.3. The van der Waals surface area contributed by atoms with Gasteiger partial charge in [-0.3, -0.25) is 4.79 Å². The molecule has 1 aromatic rings. The topological polar surface area (TPSA) is 78.9 Å². The van der Waals surface area contributed by atoms with Crippen molar-refractivity contribution in [1.82, 2.24) is 4.90 Å². The van der Waals surface area contributed by atoms with Crippen molar-refractivity contribution in [3.05, 3.63) is 41.1 Å². The van der Waals surface area contributed by atoms with Crippen molar-refractivity contribution in [2.75, 3.05) is 32.1 Å². The summed E-state index contributed by atoms with van der Waals surface area (Å²) >= 11 is 0. The Labute approximate surface area is 135 Å². The zero-order valence-corrected chi connectivity index (χ0v) is 12.7. The van der Waals surface area contributed by atoms with Crippen LogP contribution >= 0.6 is 0 Å². The number of amides is 1. The molecule has 0 radical (unpaired) electrons. The summed E-state index contributed by atoms with van der Waals surface area (Å²) in [5.41, 5.74) is -0.626. The number of rotatable bonds is 5. The van der Waals surface area contributed by atoms with Crippen molar-refractivity contribution >= 4 is 17.6 Å². The number of carbonyl (C=O) groups excluding carboxylic acids is 2. The Bertz CT molecular complexity index is 668. The van der Waals surface area contributed by atoms with E-state index in [1.54, 1.807) is 0 Å². The third-order valence-corrected chi connectivity index (χ3v) is 3.44. The zero-order chi connectivity index (χ0) is 17.9. The van der Waals surface area contributed by atoms with Crippen LogP contribution < -0.4 is 5.32 Å². The summed E-state index contributed by atoms with van der Waals surface area (Å²) in [7, 11) is 1.16. The molecule has 2 N–H and O–H groups in total. The molecule has 0 saturated heterocycles. The van der Waals surface area contributed by atoms with Crippen LogP contribution in [-0.2, 0) is 20.5 Å². The highest BCUT2D eigenvalue weighted by Crippen LogP contribution is 2.30. The van der Waals surface area contributed by atoms with E-state index in [1.807, 2.05) is 0 Å². The van der Waals surface area contributed by atoms with Crippen molar-refractivity contribution in [3.63, 3.8) is 0 Å². The number of alkyl halides is 3. The van der Waals surface area contributed by atoms with Crippen LogP contribution in [-0.4, -0.2) is 48.7 Å². The highest BCUT2D eigenvalue weighted by Gasteiger charge is 2.35. The normalized spacial score (nSPS) is 15.0. The smallest absolute Gasteiger partial charge is 0.416 e. The quantitative estimate of drug-likeness (QED) is 0.789. The fourth-order valence-electron chi connectivity index (χ4n) is 2.24. The SMILES string of the molecule is COC(=O)C1=C(Nc2ccc(C(F)(F)F)cc2)C(=O)N(CCO)C1. The molecule has 0 bridgehead atoms. The molecule has 24 heavy (non-hydrogen) atoms. The molecular formula is C15H15F3N2O4. The molecule has 1 aliphatic heterocycles. The maximum absolute atomic E-state index is 12.6. The number of aliphatic hydroxyl groups is 1. The van der Waals surface area contributed by atoms with Gasteiger partial charge < -0.3 is 20.1 Å². The molecule has 0 unspecified atom stereocenters. The van der Waals surface area contributed by atoms with Gasteiger partial charge in [-0.05, 0) is 24.3 Å². The van der Waals surface area contributed by atoms with Crippen LogP contribution in [0.15, 0.2) is 35.5 Å². The van der Waals surface area contributed by atoms with Gasteiger partial charge in [0.15, 0.2) is 0 Å². The first kappa shape index (κ1) is 17.8. The van der Waals surface area contributed by atoms with Crippen molar-refractivity contribution in [2.45, 2.75) is 6.18 Å². The van der Waals surface area contributed by atoms with Gasteiger partial charge >= 0.3 is 12.1 Å². The Morgan fingerprint density at radius 1 is 1.33 bits per heavy atom. The number of benzene rings is 1. The summed E-state index contributed by atoms with van der Waals surface area (Å²) in [5, 5.41) is 11.6. The number of ether oxygens (including phenoxy) is 1. The first-order valence-corrected chi connectivity index (χ1v) is 6.93. The Hall–Kier alpha value is -2.55. The van der Waals surface area contributed by atoms with E-state index in [0.717, 1.165) is 31.4 Å². The standard InChI is InChI=1S/C15H15F3N2O4/c1-24-14(23)11-8-20(6-7-21)13(22)12(11)19-10-4-2-9(3-5-10)15(16,17)18/h2-5,19,21H,6-8H2,1H3. The van der Waals surface area contributed by atoms with Gasteiger partial charge in [-0.1, -0.05) is 0 Å². The minimum atomic E-state index is -4.46. The van der Waals surface area contributed by atoms with Gasteiger partial charge in [-0.15, -0.1) is 0 Å². The lowest BCUT2D eigenvalue weighted by molar-refractivity contribution is -0.138. The molecule has 0 atom stereocenters. The van der Waals surface area contributed by atoms with Crippen LogP contribution in [0.2, 0.25) is 0 Å². The second-order valence-electron chi connectivity index (χ2n) is 5.00. The molecule has 9 heteroatoms. The summed E-state index contributed by atoms with van der Waals surface area (Å²) < 4.78 is 42.3. The Morgan fingerprint density at radius 3 is 2.46 bits per heavy atom. The fourth-order valence-corrected chi connectivity index (χ4v) is 2.24. The number of methoxy groups -OCH3 is 1. The van der Waals surface area contributed by atoms with E-state index in [0.29, 0.717) is 0 Å². The number of anilines is 1. The van der Waals surface area contributed by atoms with Crippen molar-refractivity contribution in [3.8, 4) is 0 Å².